The molecule has 0 aromatic heterocycles. The molecule has 3 nitrogen and oxygen atoms in total. The lowest BCUT2D eigenvalue weighted by molar-refractivity contribution is -0.123. The lowest BCUT2D eigenvalue weighted by Gasteiger charge is -2.26. The summed E-state index contributed by atoms with van der Waals surface area (Å²) < 4.78 is 0. The fraction of sp³-hybridized carbons (Fsp3) is 0.917. The first kappa shape index (κ1) is 12.5. The predicted octanol–water partition coefficient (Wildman–Crippen LogP) is 1.81. The fourth-order valence-electron chi connectivity index (χ4n) is 2.15. The quantitative estimate of drug-likeness (QED) is 0.730. The zero-order chi connectivity index (χ0) is 11.3. The van der Waals surface area contributed by atoms with Crippen LogP contribution in [0.15, 0.2) is 0 Å². The molecule has 88 valence electrons. The fourth-order valence-corrected chi connectivity index (χ4v) is 2.15. The highest BCUT2D eigenvalue weighted by Crippen LogP contribution is 2.25. The molecule has 1 saturated carbocycles. The molecule has 0 atom stereocenters. The second kappa shape index (κ2) is 5.50. The van der Waals surface area contributed by atoms with Crippen molar-refractivity contribution in [2.24, 2.45) is 11.7 Å². The van der Waals surface area contributed by atoms with E-state index in [-0.39, 0.29) is 5.91 Å². The summed E-state index contributed by atoms with van der Waals surface area (Å²) in [6.45, 7) is 4.59. The first-order valence-electron chi connectivity index (χ1n) is 6.07. The first-order chi connectivity index (χ1) is 7.02. The minimum absolute atomic E-state index is 0.272. The van der Waals surface area contributed by atoms with Crippen LogP contribution in [0, 0.1) is 5.92 Å². The molecule has 1 rings (SSSR count). The van der Waals surface area contributed by atoms with Gasteiger partial charge in [0.2, 0.25) is 5.91 Å². The molecule has 0 bridgehead atoms. The van der Waals surface area contributed by atoms with Crippen LogP contribution < -0.4 is 11.1 Å². The summed E-state index contributed by atoms with van der Waals surface area (Å²) in [6, 6.07) is 0. The van der Waals surface area contributed by atoms with Gasteiger partial charge in [0.25, 0.3) is 0 Å². The van der Waals surface area contributed by atoms with Gasteiger partial charge in [0.05, 0.1) is 5.54 Å². The molecule has 1 aliphatic carbocycles. The number of hydrogen-bond acceptors (Lipinski definition) is 2. The van der Waals surface area contributed by atoms with Crippen LogP contribution >= 0.6 is 0 Å². The Morgan fingerprint density at radius 2 is 1.93 bits per heavy atom. The van der Waals surface area contributed by atoms with Crippen molar-refractivity contribution in [1.29, 1.82) is 0 Å². The van der Waals surface area contributed by atoms with E-state index in [0.29, 0.717) is 0 Å². The van der Waals surface area contributed by atoms with Gasteiger partial charge in [-0.3, -0.25) is 4.79 Å². The van der Waals surface area contributed by atoms with E-state index in [1.165, 1.54) is 38.5 Å². The minimum atomic E-state index is -0.561. The van der Waals surface area contributed by atoms with E-state index in [9.17, 15) is 4.79 Å². The maximum atomic E-state index is 11.1. The lowest BCUT2D eigenvalue weighted by atomic mass is 9.87. The van der Waals surface area contributed by atoms with Gasteiger partial charge in [-0.05, 0) is 32.7 Å². The van der Waals surface area contributed by atoms with Crippen molar-refractivity contribution in [2.45, 2.75) is 57.9 Å². The van der Waals surface area contributed by atoms with Gasteiger partial charge < -0.3 is 11.1 Å². The number of amides is 1. The summed E-state index contributed by atoms with van der Waals surface area (Å²) in [6.07, 6.45) is 8.05. The van der Waals surface area contributed by atoms with E-state index in [2.05, 4.69) is 5.32 Å². The summed E-state index contributed by atoms with van der Waals surface area (Å²) in [4.78, 5) is 11.1. The number of carbonyl (C=O) groups excluding carboxylic acids is 1. The zero-order valence-electron chi connectivity index (χ0n) is 10.0. The molecule has 0 unspecified atom stereocenters. The Morgan fingerprint density at radius 3 is 2.47 bits per heavy atom. The second-order valence-corrected chi connectivity index (χ2v) is 5.21. The Bertz CT molecular complexity index is 208. The van der Waals surface area contributed by atoms with Gasteiger partial charge in [-0.15, -0.1) is 0 Å². The van der Waals surface area contributed by atoms with Gasteiger partial charge >= 0.3 is 0 Å². The summed E-state index contributed by atoms with van der Waals surface area (Å²) >= 11 is 0. The summed E-state index contributed by atoms with van der Waals surface area (Å²) in [5.41, 5.74) is 4.73. The highest BCUT2D eigenvalue weighted by Gasteiger charge is 2.24. The third-order valence-corrected chi connectivity index (χ3v) is 3.46. The predicted molar refractivity (Wildman–Crippen MR) is 62.5 cm³/mol. The lowest BCUT2D eigenvalue weighted by Crippen LogP contribution is -2.51. The summed E-state index contributed by atoms with van der Waals surface area (Å²) in [5, 5.41) is 3.23. The third-order valence-electron chi connectivity index (χ3n) is 3.46. The standard InChI is InChI=1S/C12H24N2O/c1-12(2,11(13)15)14-9-8-10-6-4-3-5-7-10/h10,14H,3-9H2,1-2H3,(H2,13,15). The van der Waals surface area contributed by atoms with Gasteiger partial charge in [-0.25, -0.2) is 0 Å². The highest BCUT2D eigenvalue weighted by molar-refractivity contribution is 5.83. The van der Waals surface area contributed by atoms with Crippen molar-refractivity contribution in [1.82, 2.24) is 5.32 Å². The number of primary amides is 1. The van der Waals surface area contributed by atoms with E-state index in [1.54, 1.807) is 0 Å². The van der Waals surface area contributed by atoms with E-state index in [1.807, 2.05) is 13.8 Å². The maximum Gasteiger partial charge on any atom is 0.237 e. The Kier molecular flexibility index (Phi) is 4.58. The Morgan fingerprint density at radius 1 is 1.33 bits per heavy atom. The van der Waals surface area contributed by atoms with Gasteiger partial charge in [0.15, 0.2) is 0 Å². The molecule has 1 aliphatic rings. The Balaban J connectivity index is 2.17. The van der Waals surface area contributed by atoms with Crippen LogP contribution in [-0.4, -0.2) is 18.0 Å². The smallest absolute Gasteiger partial charge is 0.237 e. The molecule has 1 fully saturated rings. The molecule has 0 radical (unpaired) electrons. The largest absolute Gasteiger partial charge is 0.368 e. The molecule has 0 spiro atoms. The molecule has 0 saturated heterocycles. The Labute approximate surface area is 92.8 Å². The maximum absolute atomic E-state index is 11.1. The van der Waals surface area contributed by atoms with Gasteiger partial charge in [-0.2, -0.15) is 0 Å². The number of hydrogen-bond donors (Lipinski definition) is 2. The molecule has 1 amide bonds. The van der Waals surface area contributed by atoms with Crippen molar-refractivity contribution < 1.29 is 4.79 Å². The molecular formula is C12H24N2O. The molecule has 3 N–H and O–H groups in total. The zero-order valence-corrected chi connectivity index (χ0v) is 10.0. The van der Waals surface area contributed by atoms with Crippen LogP contribution in [0.3, 0.4) is 0 Å². The first-order valence-corrected chi connectivity index (χ1v) is 6.07. The van der Waals surface area contributed by atoms with E-state index >= 15 is 0 Å². The van der Waals surface area contributed by atoms with Crippen LogP contribution in [0.2, 0.25) is 0 Å². The molecule has 15 heavy (non-hydrogen) atoms. The molecule has 0 aromatic carbocycles. The molecular weight excluding hydrogens is 188 g/mol. The molecule has 0 heterocycles. The summed E-state index contributed by atoms with van der Waals surface area (Å²) in [5.74, 6) is 0.584. The van der Waals surface area contributed by atoms with E-state index < -0.39 is 5.54 Å². The van der Waals surface area contributed by atoms with Crippen molar-refractivity contribution in [3.63, 3.8) is 0 Å². The third kappa shape index (κ3) is 4.20. The van der Waals surface area contributed by atoms with Gasteiger partial charge in [-0.1, -0.05) is 32.1 Å². The van der Waals surface area contributed by atoms with Crippen LogP contribution in [0.4, 0.5) is 0 Å². The monoisotopic (exact) mass is 212 g/mol. The van der Waals surface area contributed by atoms with Crippen LogP contribution in [-0.2, 0) is 4.79 Å². The number of nitrogens with two attached hydrogens (primary N) is 1. The van der Waals surface area contributed by atoms with Crippen LogP contribution in [0.1, 0.15) is 52.4 Å². The molecule has 3 heteroatoms. The molecule has 0 aromatic rings. The van der Waals surface area contributed by atoms with Gasteiger partial charge in [0, 0.05) is 0 Å². The number of carbonyl (C=O) groups is 1. The van der Waals surface area contributed by atoms with Crippen molar-refractivity contribution in [2.75, 3.05) is 6.54 Å². The van der Waals surface area contributed by atoms with Gasteiger partial charge in [0.1, 0.15) is 0 Å². The van der Waals surface area contributed by atoms with Crippen molar-refractivity contribution in [3.8, 4) is 0 Å². The average molecular weight is 212 g/mol. The SMILES string of the molecule is CC(C)(NCCC1CCCCC1)C(N)=O. The Hall–Kier alpha value is -0.570. The normalized spacial score (nSPS) is 19.1. The number of nitrogens with one attached hydrogen (secondary N) is 1. The van der Waals surface area contributed by atoms with Crippen LogP contribution in [0.5, 0.6) is 0 Å². The average Bonchev–Trinajstić information content (AvgIpc) is 2.19. The second-order valence-electron chi connectivity index (χ2n) is 5.21. The summed E-state index contributed by atoms with van der Waals surface area (Å²) in [7, 11) is 0. The van der Waals surface area contributed by atoms with Crippen molar-refractivity contribution in [3.05, 3.63) is 0 Å². The topological polar surface area (TPSA) is 55.1 Å². The minimum Gasteiger partial charge on any atom is -0.368 e. The van der Waals surface area contributed by atoms with E-state index in [4.69, 9.17) is 5.73 Å². The highest BCUT2D eigenvalue weighted by atomic mass is 16.1. The molecule has 0 aliphatic heterocycles. The number of rotatable bonds is 5. The van der Waals surface area contributed by atoms with E-state index in [0.717, 1.165) is 12.5 Å². The van der Waals surface area contributed by atoms with Crippen LogP contribution in [0.25, 0.3) is 0 Å². The van der Waals surface area contributed by atoms with Crippen molar-refractivity contribution >= 4 is 5.91 Å².